The predicted octanol–water partition coefficient (Wildman–Crippen LogP) is 6.67. The molecular formula is C22H16Cl2N2O2S. The topological polar surface area (TPSA) is 55.1 Å². The summed E-state index contributed by atoms with van der Waals surface area (Å²) in [4.78, 5) is 16.8. The highest BCUT2D eigenvalue weighted by atomic mass is 35.5. The lowest BCUT2D eigenvalue weighted by molar-refractivity contribution is -0.113. The molecule has 1 N–H and O–H groups in total. The van der Waals surface area contributed by atoms with Gasteiger partial charge in [-0.05, 0) is 48.0 Å². The van der Waals surface area contributed by atoms with E-state index in [-0.39, 0.29) is 5.91 Å². The summed E-state index contributed by atoms with van der Waals surface area (Å²) in [7, 11) is 0. The van der Waals surface area contributed by atoms with Crippen LogP contribution in [0.3, 0.4) is 0 Å². The Balaban J connectivity index is 1.38. The van der Waals surface area contributed by atoms with Gasteiger partial charge >= 0.3 is 0 Å². The normalized spacial score (nSPS) is 11.0. The van der Waals surface area contributed by atoms with Gasteiger partial charge in [0, 0.05) is 27.0 Å². The number of halogens is 2. The fourth-order valence-electron chi connectivity index (χ4n) is 2.82. The molecule has 4 aromatic rings. The molecule has 0 saturated heterocycles. The van der Waals surface area contributed by atoms with Gasteiger partial charge in [0.2, 0.25) is 11.8 Å². The highest BCUT2D eigenvalue weighted by Gasteiger charge is 2.10. The van der Waals surface area contributed by atoms with Gasteiger partial charge in [0.25, 0.3) is 0 Å². The van der Waals surface area contributed by atoms with Crippen LogP contribution in [0.2, 0.25) is 10.0 Å². The first-order valence-electron chi connectivity index (χ1n) is 8.86. The molecule has 1 heterocycles. The van der Waals surface area contributed by atoms with E-state index in [1.807, 2.05) is 54.6 Å². The minimum Gasteiger partial charge on any atom is -0.436 e. The van der Waals surface area contributed by atoms with Crippen LogP contribution in [-0.2, 0) is 10.5 Å². The number of carbonyl (C=O) groups excluding carboxylic acids is 1. The van der Waals surface area contributed by atoms with Crippen molar-refractivity contribution in [3.8, 4) is 11.5 Å². The molecule has 0 aliphatic rings. The molecule has 0 bridgehead atoms. The molecule has 0 spiro atoms. The number of hydrogen-bond donors (Lipinski definition) is 1. The lowest BCUT2D eigenvalue weighted by atomic mass is 10.2. The van der Waals surface area contributed by atoms with Gasteiger partial charge in [0.15, 0.2) is 5.58 Å². The smallest absolute Gasteiger partial charge is 0.234 e. The van der Waals surface area contributed by atoms with Crippen molar-refractivity contribution in [2.24, 2.45) is 0 Å². The molecule has 29 heavy (non-hydrogen) atoms. The predicted molar refractivity (Wildman–Crippen MR) is 121 cm³/mol. The van der Waals surface area contributed by atoms with Crippen LogP contribution >= 0.6 is 35.0 Å². The monoisotopic (exact) mass is 442 g/mol. The molecule has 0 atom stereocenters. The molecule has 7 heteroatoms. The van der Waals surface area contributed by atoms with Gasteiger partial charge in [-0.15, -0.1) is 11.8 Å². The van der Waals surface area contributed by atoms with Crippen molar-refractivity contribution in [3.05, 3.63) is 82.3 Å². The molecule has 146 valence electrons. The zero-order valence-corrected chi connectivity index (χ0v) is 17.5. The Morgan fingerprint density at radius 2 is 1.90 bits per heavy atom. The minimum atomic E-state index is -0.0881. The van der Waals surface area contributed by atoms with Gasteiger partial charge in [0.1, 0.15) is 5.52 Å². The molecular weight excluding hydrogens is 427 g/mol. The third kappa shape index (κ3) is 4.93. The molecule has 1 aromatic heterocycles. The molecule has 4 nitrogen and oxygen atoms in total. The SMILES string of the molecule is O=C(CSCc1ccc(Cl)cc1Cl)Nc1cccc(-c2nc3ccccc3o2)c1. The van der Waals surface area contributed by atoms with E-state index in [1.165, 1.54) is 11.8 Å². The van der Waals surface area contributed by atoms with Gasteiger partial charge < -0.3 is 9.73 Å². The summed E-state index contributed by atoms with van der Waals surface area (Å²) >= 11 is 13.6. The third-order valence-corrected chi connectivity index (χ3v) is 5.76. The van der Waals surface area contributed by atoms with E-state index in [0.29, 0.717) is 33.1 Å². The van der Waals surface area contributed by atoms with Crippen LogP contribution in [0, 0.1) is 0 Å². The second-order valence-electron chi connectivity index (χ2n) is 6.34. The van der Waals surface area contributed by atoms with E-state index in [9.17, 15) is 4.79 Å². The Kier molecular flexibility index (Phi) is 6.09. The summed E-state index contributed by atoms with van der Waals surface area (Å²) in [6.07, 6.45) is 0. The second-order valence-corrected chi connectivity index (χ2v) is 8.17. The van der Waals surface area contributed by atoms with Crippen LogP contribution in [0.1, 0.15) is 5.56 Å². The van der Waals surface area contributed by atoms with Crippen LogP contribution < -0.4 is 5.32 Å². The Morgan fingerprint density at radius 3 is 2.72 bits per heavy atom. The third-order valence-electron chi connectivity index (χ3n) is 4.19. The number of aromatic nitrogens is 1. The van der Waals surface area contributed by atoms with Crippen molar-refractivity contribution in [3.63, 3.8) is 0 Å². The van der Waals surface area contributed by atoms with Crippen molar-refractivity contribution in [1.29, 1.82) is 0 Å². The lowest BCUT2D eigenvalue weighted by Crippen LogP contribution is -2.14. The maximum Gasteiger partial charge on any atom is 0.234 e. The average Bonchev–Trinajstić information content (AvgIpc) is 3.14. The Hall–Kier alpha value is -2.47. The largest absolute Gasteiger partial charge is 0.436 e. The number of carbonyl (C=O) groups is 1. The number of thioether (sulfide) groups is 1. The highest BCUT2D eigenvalue weighted by Crippen LogP contribution is 2.27. The molecule has 0 aliphatic carbocycles. The van der Waals surface area contributed by atoms with E-state index < -0.39 is 0 Å². The molecule has 0 fully saturated rings. The van der Waals surface area contributed by atoms with Crippen molar-refractivity contribution < 1.29 is 9.21 Å². The van der Waals surface area contributed by atoms with Crippen LogP contribution in [0.25, 0.3) is 22.6 Å². The average molecular weight is 443 g/mol. The van der Waals surface area contributed by atoms with Gasteiger partial charge in [-0.2, -0.15) is 0 Å². The summed E-state index contributed by atoms with van der Waals surface area (Å²) in [6.45, 7) is 0. The fraction of sp³-hybridized carbons (Fsp3) is 0.0909. The molecule has 3 aromatic carbocycles. The lowest BCUT2D eigenvalue weighted by Gasteiger charge is -2.07. The number of amides is 1. The quantitative estimate of drug-likeness (QED) is 0.362. The van der Waals surface area contributed by atoms with Crippen LogP contribution in [0.4, 0.5) is 5.69 Å². The Morgan fingerprint density at radius 1 is 1.03 bits per heavy atom. The molecule has 0 saturated carbocycles. The zero-order valence-electron chi connectivity index (χ0n) is 15.2. The summed E-state index contributed by atoms with van der Waals surface area (Å²) in [6, 6.07) is 20.4. The van der Waals surface area contributed by atoms with Crippen LogP contribution in [0.5, 0.6) is 0 Å². The number of fused-ring (bicyclic) bond motifs is 1. The van der Waals surface area contributed by atoms with Crippen molar-refractivity contribution in [2.45, 2.75) is 5.75 Å². The summed E-state index contributed by atoms with van der Waals surface area (Å²) in [5.41, 5.74) is 3.98. The van der Waals surface area contributed by atoms with Crippen molar-refractivity contribution in [2.75, 3.05) is 11.1 Å². The van der Waals surface area contributed by atoms with E-state index in [1.54, 1.807) is 12.1 Å². The first-order valence-corrected chi connectivity index (χ1v) is 10.8. The van der Waals surface area contributed by atoms with Gasteiger partial charge in [-0.3, -0.25) is 4.79 Å². The van der Waals surface area contributed by atoms with Crippen molar-refractivity contribution >= 4 is 57.7 Å². The van der Waals surface area contributed by atoms with E-state index in [4.69, 9.17) is 27.6 Å². The maximum absolute atomic E-state index is 12.3. The maximum atomic E-state index is 12.3. The van der Waals surface area contributed by atoms with Gasteiger partial charge in [-0.1, -0.05) is 47.5 Å². The van der Waals surface area contributed by atoms with E-state index >= 15 is 0 Å². The van der Waals surface area contributed by atoms with E-state index in [2.05, 4.69) is 10.3 Å². The molecule has 4 rings (SSSR count). The number of benzene rings is 3. The number of nitrogens with one attached hydrogen (secondary N) is 1. The Labute approximate surface area is 182 Å². The van der Waals surface area contributed by atoms with Gasteiger partial charge in [-0.25, -0.2) is 4.98 Å². The summed E-state index contributed by atoms with van der Waals surface area (Å²) < 4.78 is 5.80. The molecule has 0 radical (unpaired) electrons. The number of hydrogen-bond acceptors (Lipinski definition) is 4. The number of rotatable bonds is 6. The first kappa shape index (κ1) is 19.8. The van der Waals surface area contributed by atoms with Crippen LogP contribution in [-0.4, -0.2) is 16.6 Å². The highest BCUT2D eigenvalue weighted by molar-refractivity contribution is 7.99. The zero-order chi connectivity index (χ0) is 20.2. The van der Waals surface area contributed by atoms with E-state index in [0.717, 1.165) is 22.2 Å². The molecule has 1 amide bonds. The minimum absolute atomic E-state index is 0.0881. The Bertz CT molecular complexity index is 1140. The molecule has 0 unspecified atom stereocenters. The second kappa shape index (κ2) is 8.91. The standard InChI is InChI=1S/C22H16Cl2N2O2S/c23-16-9-8-15(18(24)11-16)12-29-13-21(27)25-17-5-3-4-14(10-17)22-26-19-6-1-2-7-20(19)28-22/h1-11H,12-13H2,(H,25,27). The number of para-hydroxylation sites is 2. The fourth-order valence-corrected chi connectivity index (χ4v) is 4.20. The number of anilines is 1. The number of oxazole rings is 1. The van der Waals surface area contributed by atoms with Crippen molar-refractivity contribution in [1.82, 2.24) is 4.98 Å². The summed E-state index contributed by atoms with van der Waals surface area (Å²) in [5, 5.41) is 4.12. The molecule has 0 aliphatic heterocycles. The number of nitrogens with zero attached hydrogens (tertiary/aromatic N) is 1. The van der Waals surface area contributed by atoms with Gasteiger partial charge in [0.05, 0.1) is 5.75 Å². The van der Waals surface area contributed by atoms with Crippen LogP contribution in [0.15, 0.2) is 71.1 Å². The summed E-state index contributed by atoms with van der Waals surface area (Å²) in [5.74, 6) is 1.38. The first-order chi connectivity index (χ1) is 14.1.